The summed E-state index contributed by atoms with van der Waals surface area (Å²) in [5.74, 6) is -6.82. The number of methoxy groups -OCH3 is 2. The first kappa shape index (κ1) is 33.3. The maximum Gasteiger partial charge on any atom is 0.303 e. The van der Waals surface area contributed by atoms with E-state index in [1.165, 1.54) is 20.3 Å². The number of benzene rings is 3. The van der Waals surface area contributed by atoms with Crippen molar-refractivity contribution in [2.45, 2.75) is 37.0 Å². The van der Waals surface area contributed by atoms with Crippen LogP contribution in [0.3, 0.4) is 0 Å². The molecule has 4 aliphatic rings. The fraction of sp³-hybridized carbons (Fsp3) is 0.342. The van der Waals surface area contributed by atoms with Crippen molar-refractivity contribution in [3.05, 3.63) is 94.5 Å². The number of phenolic OH excluding ortho intramolecular Hbond substituents is 1. The Morgan fingerprint density at radius 2 is 1.70 bits per heavy atom. The van der Waals surface area contributed by atoms with Crippen LogP contribution in [-0.2, 0) is 29.4 Å². The number of carboxylic acids is 1. The molecule has 6 unspecified atom stereocenters. The van der Waals surface area contributed by atoms with Gasteiger partial charge in [-0.1, -0.05) is 59.6 Å². The molecule has 7 rings (SSSR count). The highest BCUT2D eigenvalue weighted by Crippen LogP contribution is 2.66. The molecule has 3 aromatic carbocycles. The van der Waals surface area contributed by atoms with Crippen LogP contribution >= 0.6 is 11.6 Å². The zero-order valence-electron chi connectivity index (χ0n) is 27.4. The molecule has 6 atom stereocenters. The van der Waals surface area contributed by atoms with Gasteiger partial charge in [-0.25, -0.2) is 4.90 Å². The molecule has 3 fully saturated rings. The minimum Gasteiger partial charge on any atom is -0.507 e. The second-order valence-electron chi connectivity index (χ2n) is 13.2. The highest BCUT2D eigenvalue weighted by molar-refractivity contribution is 6.32. The third-order valence-corrected chi connectivity index (χ3v) is 11.1. The number of carbonyl (C=O) groups is 5. The summed E-state index contributed by atoms with van der Waals surface area (Å²) in [6, 6.07) is 18.5. The number of carboxylic acid groups (broad SMARTS) is 1. The predicted octanol–water partition coefficient (Wildman–Crippen LogP) is 5.09. The molecule has 0 radical (unpaired) electrons. The van der Waals surface area contributed by atoms with Gasteiger partial charge in [-0.2, -0.15) is 0 Å². The number of nitrogens with zero attached hydrogens (tertiary/aromatic N) is 2. The molecule has 2 saturated heterocycles. The largest absolute Gasteiger partial charge is 0.507 e. The number of anilines is 1. The van der Waals surface area contributed by atoms with E-state index < -0.39 is 58.7 Å². The van der Waals surface area contributed by atoms with E-state index in [9.17, 15) is 29.4 Å². The van der Waals surface area contributed by atoms with Gasteiger partial charge in [-0.15, -0.1) is 0 Å². The summed E-state index contributed by atoms with van der Waals surface area (Å²) in [4.78, 5) is 71.6. The molecule has 0 spiro atoms. The van der Waals surface area contributed by atoms with Gasteiger partial charge in [-0.3, -0.25) is 28.9 Å². The lowest BCUT2D eigenvalue weighted by Crippen LogP contribution is -2.53. The zero-order chi connectivity index (χ0) is 35.5. The summed E-state index contributed by atoms with van der Waals surface area (Å²) in [5.41, 5.74) is 0.116. The van der Waals surface area contributed by atoms with Gasteiger partial charge < -0.3 is 19.7 Å². The van der Waals surface area contributed by atoms with E-state index in [-0.39, 0.29) is 60.9 Å². The number of ether oxygens (including phenoxy) is 2. The quantitative estimate of drug-likeness (QED) is 0.230. The van der Waals surface area contributed by atoms with Crippen molar-refractivity contribution in [1.29, 1.82) is 0 Å². The Bertz CT molecular complexity index is 1960. The van der Waals surface area contributed by atoms with Crippen LogP contribution in [0.2, 0.25) is 5.02 Å². The fourth-order valence-corrected chi connectivity index (χ4v) is 9.08. The average molecular weight is 699 g/mol. The van der Waals surface area contributed by atoms with Crippen LogP contribution in [0.5, 0.6) is 17.2 Å². The van der Waals surface area contributed by atoms with Crippen molar-refractivity contribution < 1.29 is 43.7 Å². The molecule has 2 aliphatic carbocycles. The summed E-state index contributed by atoms with van der Waals surface area (Å²) < 4.78 is 11.3. The van der Waals surface area contributed by atoms with E-state index >= 15 is 4.79 Å². The lowest BCUT2D eigenvalue weighted by atomic mass is 9.49. The number of phenols is 1. The van der Waals surface area contributed by atoms with Gasteiger partial charge in [0.05, 0.1) is 43.1 Å². The lowest BCUT2D eigenvalue weighted by molar-refractivity contribution is -0.142. The molecule has 50 heavy (non-hydrogen) atoms. The number of imide groups is 2. The van der Waals surface area contributed by atoms with E-state index in [0.29, 0.717) is 21.9 Å². The zero-order valence-corrected chi connectivity index (χ0v) is 28.1. The Labute approximate surface area is 293 Å². The third-order valence-electron chi connectivity index (χ3n) is 10.9. The van der Waals surface area contributed by atoms with Crippen LogP contribution in [0.1, 0.15) is 42.7 Å². The van der Waals surface area contributed by atoms with Crippen LogP contribution in [-0.4, -0.2) is 65.5 Å². The second-order valence-corrected chi connectivity index (χ2v) is 13.6. The maximum atomic E-state index is 15.4. The SMILES string of the molecule is COc1cc(O)c(C2C3=CCC4C(=O)N(CCCC(=O)O)C(=O)C4C3CC3C(=O)N(c4cccc(Cl)c4)C(=O)C32c2ccccc2)c(OC)c1. The van der Waals surface area contributed by atoms with Crippen LogP contribution in [0, 0.1) is 23.7 Å². The van der Waals surface area contributed by atoms with E-state index in [4.69, 9.17) is 21.1 Å². The Kier molecular flexibility index (Phi) is 8.42. The van der Waals surface area contributed by atoms with Crippen molar-refractivity contribution >= 4 is 46.9 Å². The Morgan fingerprint density at radius 3 is 2.38 bits per heavy atom. The van der Waals surface area contributed by atoms with Crippen molar-refractivity contribution in [1.82, 2.24) is 4.90 Å². The van der Waals surface area contributed by atoms with Crippen LogP contribution < -0.4 is 14.4 Å². The number of aliphatic carboxylic acids is 1. The third kappa shape index (κ3) is 4.89. The predicted molar refractivity (Wildman–Crippen MR) is 181 cm³/mol. The second kappa shape index (κ2) is 12.6. The van der Waals surface area contributed by atoms with Gasteiger partial charge in [0.15, 0.2) is 0 Å². The minimum absolute atomic E-state index is 0.0348. The Hall–Kier alpha value is -5.16. The molecule has 0 bridgehead atoms. The Morgan fingerprint density at radius 1 is 0.940 bits per heavy atom. The molecular formula is C38H35ClN2O9. The van der Waals surface area contributed by atoms with Crippen molar-refractivity contribution in [2.75, 3.05) is 25.7 Å². The monoisotopic (exact) mass is 698 g/mol. The van der Waals surface area contributed by atoms with Gasteiger partial charge >= 0.3 is 5.97 Å². The highest BCUT2D eigenvalue weighted by Gasteiger charge is 2.70. The van der Waals surface area contributed by atoms with E-state index in [1.54, 1.807) is 54.6 Å². The number of carbonyl (C=O) groups excluding carboxylic acids is 4. The average Bonchev–Trinajstić information content (AvgIpc) is 3.48. The molecule has 3 aromatic rings. The summed E-state index contributed by atoms with van der Waals surface area (Å²) >= 11 is 6.37. The summed E-state index contributed by atoms with van der Waals surface area (Å²) in [6.45, 7) is -0.0348. The number of hydrogen-bond acceptors (Lipinski definition) is 8. The molecular weight excluding hydrogens is 664 g/mol. The molecule has 2 heterocycles. The van der Waals surface area contributed by atoms with Crippen LogP contribution in [0.25, 0.3) is 0 Å². The molecule has 1 saturated carbocycles. The minimum atomic E-state index is -1.61. The summed E-state index contributed by atoms with van der Waals surface area (Å²) in [7, 11) is 2.88. The van der Waals surface area contributed by atoms with Crippen LogP contribution in [0.15, 0.2) is 78.4 Å². The fourth-order valence-electron chi connectivity index (χ4n) is 8.90. The maximum absolute atomic E-state index is 15.4. The van der Waals surface area contributed by atoms with Gasteiger partial charge in [0, 0.05) is 41.6 Å². The van der Waals surface area contributed by atoms with Crippen molar-refractivity contribution in [3.63, 3.8) is 0 Å². The number of rotatable bonds is 9. The highest BCUT2D eigenvalue weighted by atomic mass is 35.5. The van der Waals surface area contributed by atoms with Gasteiger partial charge in [0.25, 0.3) is 0 Å². The molecule has 258 valence electrons. The Balaban J connectivity index is 1.47. The molecule has 12 heteroatoms. The smallest absolute Gasteiger partial charge is 0.303 e. The topological polar surface area (TPSA) is 151 Å². The first-order valence-corrected chi connectivity index (χ1v) is 16.8. The molecule has 11 nitrogen and oxygen atoms in total. The standard InChI is InChI=1S/C38H35ClN2O9/c1-49-23-17-28(42)32(29(18-23)50-2)33-24-13-14-25-31(36(47)40(34(25)45)15-7-12-30(43)44)26(24)19-27-35(46)41(22-11-6-10-21(39)16-22)37(48)38(27,33)20-8-4-3-5-9-20/h3-6,8-11,13,16-18,25-27,31,33,42H,7,12,14-15,19H2,1-2H3,(H,43,44). The van der Waals surface area contributed by atoms with E-state index in [2.05, 4.69) is 0 Å². The number of allylic oxidation sites excluding steroid dienone is 2. The molecule has 0 aromatic heterocycles. The first-order valence-electron chi connectivity index (χ1n) is 16.5. The first-order chi connectivity index (χ1) is 24.0. The van der Waals surface area contributed by atoms with Crippen LogP contribution in [0.4, 0.5) is 5.69 Å². The normalized spacial score (nSPS) is 27.1. The lowest BCUT2D eigenvalue weighted by Gasteiger charge is -2.51. The molecule has 2 N–H and O–H groups in total. The number of halogens is 1. The summed E-state index contributed by atoms with van der Waals surface area (Å²) in [6.07, 6.45) is 2.04. The van der Waals surface area contributed by atoms with Gasteiger partial charge in [0.2, 0.25) is 23.6 Å². The van der Waals surface area contributed by atoms with Gasteiger partial charge in [-0.05, 0) is 48.9 Å². The number of aromatic hydroxyl groups is 1. The number of hydrogen-bond donors (Lipinski definition) is 2. The number of fused-ring (bicyclic) bond motifs is 4. The summed E-state index contributed by atoms with van der Waals surface area (Å²) in [5, 5.41) is 21.3. The van der Waals surface area contributed by atoms with Gasteiger partial charge in [0.1, 0.15) is 17.2 Å². The molecule has 4 amide bonds. The molecule has 2 aliphatic heterocycles. The van der Waals surface area contributed by atoms with E-state index in [1.807, 2.05) is 12.1 Å². The van der Waals surface area contributed by atoms with Crippen molar-refractivity contribution in [2.24, 2.45) is 23.7 Å². The van der Waals surface area contributed by atoms with E-state index in [0.717, 1.165) is 9.80 Å². The number of amides is 4. The number of likely N-dealkylation sites (tertiary alicyclic amines) is 1. The van der Waals surface area contributed by atoms with Crippen molar-refractivity contribution in [3.8, 4) is 17.2 Å².